The Bertz CT molecular complexity index is 608. The highest BCUT2D eigenvalue weighted by atomic mass is 16.6. The molecular formula is C18H25NO5. The summed E-state index contributed by atoms with van der Waals surface area (Å²) in [4.78, 5) is 25.7. The second-order valence-electron chi connectivity index (χ2n) is 7.13. The highest BCUT2D eigenvalue weighted by molar-refractivity contribution is 5.71. The van der Waals surface area contributed by atoms with Gasteiger partial charge in [-0.1, -0.05) is 12.1 Å². The van der Waals surface area contributed by atoms with Gasteiger partial charge >= 0.3 is 12.1 Å². The first-order valence-electron chi connectivity index (χ1n) is 8.03. The summed E-state index contributed by atoms with van der Waals surface area (Å²) in [5.41, 5.74) is 0.327. The van der Waals surface area contributed by atoms with E-state index in [1.807, 2.05) is 26.8 Å². The van der Waals surface area contributed by atoms with Gasteiger partial charge in [0.1, 0.15) is 11.4 Å². The monoisotopic (exact) mass is 335 g/mol. The van der Waals surface area contributed by atoms with Crippen molar-refractivity contribution in [3.05, 3.63) is 29.8 Å². The molecule has 1 amide bonds. The average molecular weight is 335 g/mol. The van der Waals surface area contributed by atoms with Crippen LogP contribution >= 0.6 is 0 Å². The average Bonchev–Trinajstić information content (AvgIpc) is 2.89. The summed E-state index contributed by atoms with van der Waals surface area (Å²) >= 11 is 0. The normalized spacial score (nSPS) is 20.8. The summed E-state index contributed by atoms with van der Waals surface area (Å²) < 4.78 is 10.2. The van der Waals surface area contributed by atoms with Gasteiger partial charge in [0.15, 0.2) is 0 Å². The Balaban J connectivity index is 2.19. The molecule has 1 N–H and O–H groups in total. The van der Waals surface area contributed by atoms with E-state index < -0.39 is 5.60 Å². The molecule has 1 aliphatic rings. The van der Waals surface area contributed by atoms with Crippen LogP contribution in [0.1, 0.15) is 38.7 Å². The third-order valence-electron chi connectivity index (χ3n) is 4.05. The molecule has 1 aromatic rings. The minimum absolute atomic E-state index is 0.0521. The third kappa shape index (κ3) is 4.63. The number of rotatable bonds is 3. The number of nitrogens with zero attached hydrogens (tertiary/aromatic N) is 1. The zero-order valence-corrected chi connectivity index (χ0v) is 14.6. The lowest BCUT2D eigenvalue weighted by Crippen LogP contribution is -2.35. The molecule has 2 atom stereocenters. The summed E-state index contributed by atoms with van der Waals surface area (Å²) in [5, 5.41) is 9.72. The van der Waals surface area contributed by atoms with Crippen molar-refractivity contribution in [2.24, 2.45) is 5.92 Å². The van der Waals surface area contributed by atoms with Crippen LogP contribution in [0.4, 0.5) is 4.79 Å². The van der Waals surface area contributed by atoms with E-state index in [-0.39, 0.29) is 36.1 Å². The molecule has 1 heterocycles. The number of likely N-dealkylation sites (tertiary alicyclic amines) is 1. The van der Waals surface area contributed by atoms with Crippen molar-refractivity contribution in [1.29, 1.82) is 0 Å². The molecule has 1 aromatic carbocycles. The quantitative estimate of drug-likeness (QED) is 0.860. The molecule has 0 unspecified atom stereocenters. The molecule has 0 aliphatic carbocycles. The molecule has 132 valence electrons. The summed E-state index contributed by atoms with van der Waals surface area (Å²) in [7, 11) is 1.35. The van der Waals surface area contributed by atoms with E-state index >= 15 is 0 Å². The number of carbonyl (C=O) groups excluding carboxylic acids is 2. The van der Waals surface area contributed by atoms with E-state index in [0.29, 0.717) is 13.1 Å². The van der Waals surface area contributed by atoms with Crippen molar-refractivity contribution >= 4 is 12.1 Å². The number of esters is 1. The smallest absolute Gasteiger partial charge is 0.410 e. The number of amides is 1. The molecule has 24 heavy (non-hydrogen) atoms. The Hall–Kier alpha value is -2.24. The number of phenolic OH excluding ortho intramolecular Hbond substituents is 1. The highest BCUT2D eigenvalue weighted by Crippen LogP contribution is 2.36. The molecule has 1 fully saturated rings. The van der Waals surface area contributed by atoms with Crippen LogP contribution in [0, 0.1) is 5.92 Å². The number of phenols is 1. The van der Waals surface area contributed by atoms with Gasteiger partial charge in [-0.05, 0) is 44.4 Å². The van der Waals surface area contributed by atoms with Crippen LogP contribution in [0.2, 0.25) is 0 Å². The van der Waals surface area contributed by atoms with Crippen molar-refractivity contribution in [1.82, 2.24) is 4.90 Å². The van der Waals surface area contributed by atoms with E-state index in [1.165, 1.54) is 7.11 Å². The maximum absolute atomic E-state index is 12.3. The van der Waals surface area contributed by atoms with E-state index in [9.17, 15) is 14.7 Å². The number of hydrogen-bond donors (Lipinski definition) is 1. The lowest BCUT2D eigenvalue weighted by Gasteiger charge is -2.24. The molecule has 0 radical (unpaired) electrons. The second-order valence-corrected chi connectivity index (χ2v) is 7.13. The zero-order valence-electron chi connectivity index (χ0n) is 14.6. The number of carbonyl (C=O) groups is 2. The van der Waals surface area contributed by atoms with Gasteiger partial charge in [-0.3, -0.25) is 4.79 Å². The van der Waals surface area contributed by atoms with Crippen molar-refractivity contribution < 1.29 is 24.2 Å². The van der Waals surface area contributed by atoms with E-state index in [0.717, 1.165) is 5.56 Å². The first-order valence-corrected chi connectivity index (χ1v) is 8.03. The molecule has 0 bridgehead atoms. The molecule has 0 spiro atoms. The Labute approximate surface area is 142 Å². The minimum atomic E-state index is -0.571. The topological polar surface area (TPSA) is 76.1 Å². The Morgan fingerprint density at radius 3 is 2.58 bits per heavy atom. The van der Waals surface area contributed by atoms with E-state index in [1.54, 1.807) is 23.1 Å². The molecule has 6 heteroatoms. The fourth-order valence-corrected chi connectivity index (χ4v) is 2.98. The van der Waals surface area contributed by atoms with Crippen LogP contribution in [0.3, 0.4) is 0 Å². The molecule has 1 aliphatic heterocycles. The van der Waals surface area contributed by atoms with Crippen molar-refractivity contribution in [3.63, 3.8) is 0 Å². The van der Waals surface area contributed by atoms with Gasteiger partial charge in [0.25, 0.3) is 0 Å². The predicted molar refractivity (Wildman–Crippen MR) is 88.8 cm³/mol. The molecule has 0 saturated carbocycles. The van der Waals surface area contributed by atoms with Gasteiger partial charge in [-0.15, -0.1) is 0 Å². The zero-order chi connectivity index (χ0) is 17.9. The third-order valence-corrected chi connectivity index (χ3v) is 4.05. The van der Waals surface area contributed by atoms with Crippen LogP contribution in [0.5, 0.6) is 5.75 Å². The first-order chi connectivity index (χ1) is 11.2. The number of hydrogen-bond acceptors (Lipinski definition) is 5. The van der Waals surface area contributed by atoms with Gasteiger partial charge in [-0.2, -0.15) is 0 Å². The summed E-state index contributed by atoms with van der Waals surface area (Å²) in [6.07, 6.45) is -0.170. The first kappa shape index (κ1) is 18.1. The molecular weight excluding hydrogens is 310 g/mol. The van der Waals surface area contributed by atoms with Crippen LogP contribution in [0.15, 0.2) is 24.3 Å². The van der Waals surface area contributed by atoms with Crippen molar-refractivity contribution in [2.75, 3.05) is 20.2 Å². The second kappa shape index (κ2) is 7.11. The maximum atomic E-state index is 12.3. The van der Waals surface area contributed by atoms with Crippen LogP contribution in [-0.4, -0.2) is 47.9 Å². The van der Waals surface area contributed by atoms with Crippen LogP contribution in [0.25, 0.3) is 0 Å². The van der Waals surface area contributed by atoms with E-state index in [2.05, 4.69) is 0 Å². The summed E-state index contributed by atoms with van der Waals surface area (Å²) in [6, 6.07) is 6.93. The van der Waals surface area contributed by atoms with Gasteiger partial charge < -0.3 is 19.5 Å². The van der Waals surface area contributed by atoms with Gasteiger partial charge in [0, 0.05) is 19.0 Å². The van der Waals surface area contributed by atoms with Crippen LogP contribution in [-0.2, 0) is 14.3 Å². The molecule has 2 rings (SSSR count). The van der Waals surface area contributed by atoms with Crippen molar-refractivity contribution in [2.45, 2.75) is 38.7 Å². The number of ether oxygens (including phenoxy) is 2. The molecule has 6 nitrogen and oxygen atoms in total. The highest BCUT2D eigenvalue weighted by Gasteiger charge is 2.39. The number of benzene rings is 1. The standard InChI is InChI=1S/C18H25NO5/c1-18(2,3)24-17(22)19-10-13(9-16(21)23-4)15(11-19)12-6-5-7-14(20)8-12/h5-8,13,15,20H,9-11H2,1-4H3/t13-,15-/m0/s1. The molecule has 0 aromatic heterocycles. The van der Waals surface area contributed by atoms with Gasteiger partial charge in [0.05, 0.1) is 13.5 Å². The summed E-state index contributed by atoms with van der Waals surface area (Å²) in [6.45, 7) is 6.32. The minimum Gasteiger partial charge on any atom is -0.508 e. The Morgan fingerprint density at radius 2 is 2.00 bits per heavy atom. The Morgan fingerprint density at radius 1 is 1.29 bits per heavy atom. The Kier molecular flexibility index (Phi) is 5.36. The van der Waals surface area contributed by atoms with Gasteiger partial charge in [0.2, 0.25) is 0 Å². The van der Waals surface area contributed by atoms with E-state index in [4.69, 9.17) is 9.47 Å². The lowest BCUT2D eigenvalue weighted by atomic mass is 9.87. The molecule has 1 saturated heterocycles. The fraction of sp³-hybridized carbons (Fsp3) is 0.556. The van der Waals surface area contributed by atoms with Crippen LogP contribution < -0.4 is 0 Å². The lowest BCUT2D eigenvalue weighted by molar-refractivity contribution is -0.141. The number of aromatic hydroxyl groups is 1. The maximum Gasteiger partial charge on any atom is 0.410 e. The summed E-state index contributed by atoms with van der Waals surface area (Å²) in [5.74, 6) is -0.272. The SMILES string of the molecule is COC(=O)C[C@H]1CN(C(=O)OC(C)(C)C)C[C@H]1c1cccc(O)c1. The largest absolute Gasteiger partial charge is 0.508 e. The number of methoxy groups -OCH3 is 1. The predicted octanol–water partition coefficient (Wildman–Crippen LogP) is 2.91. The fourth-order valence-electron chi connectivity index (χ4n) is 2.98. The van der Waals surface area contributed by atoms with Crippen molar-refractivity contribution in [3.8, 4) is 5.75 Å². The van der Waals surface area contributed by atoms with Gasteiger partial charge in [-0.25, -0.2) is 4.79 Å².